The number of Topliss-reactive ketones (excluding diaryl/α,β-unsaturated/α-hetero) is 1. The van der Waals surface area contributed by atoms with Crippen molar-refractivity contribution in [3.05, 3.63) is 23.3 Å². The molecule has 6 N–H and O–H groups in total. The predicted octanol–water partition coefficient (Wildman–Crippen LogP) is 1.83. The fourth-order valence-corrected chi connectivity index (χ4v) is 2.28. The molecule has 23 heavy (non-hydrogen) atoms. The van der Waals surface area contributed by atoms with Crippen molar-refractivity contribution in [3.63, 3.8) is 0 Å². The number of phenolic OH excluding ortho intramolecular Hbond substituents is 1. The number of ketones is 1. The van der Waals surface area contributed by atoms with E-state index in [1.807, 2.05) is 6.92 Å². The summed E-state index contributed by atoms with van der Waals surface area (Å²) in [7, 11) is 0. The molecule has 1 rings (SSSR count). The summed E-state index contributed by atoms with van der Waals surface area (Å²) in [6.45, 7) is 3.95. The van der Waals surface area contributed by atoms with Crippen LogP contribution in [0.3, 0.4) is 0 Å². The van der Waals surface area contributed by atoms with E-state index in [0.717, 1.165) is 19.3 Å². The van der Waals surface area contributed by atoms with Gasteiger partial charge >= 0.3 is 0 Å². The number of aromatic hydroxyl groups is 1. The Morgan fingerprint density at radius 3 is 2.70 bits per heavy atom. The second-order valence-corrected chi connectivity index (χ2v) is 5.27. The van der Waals surface area contributed by atoms with Crippen LogP contribution in [-0.4, -0.2) is 23.3 Å². The molecular weight excluding hydrogens is 296 g/mol. The van der Waals surface area contributed by atoms with Crippen LogP contribution in [0.4, 0.5) is 0 Å². The molecule has 0 aliphatic rings. The maximum atomic E-state index is 11.5. The average Bonchev–Trinajstić information content (AvgIpc) is 2.53. The second kappa shape index (κ2) is 9.68. The van der Waals surface area contributed by atoms with Crippen LogP contribution in [-0.2, 0) is 6.42 Å². The van der Waals surface area contributed by atoms with E-state index < -0.39 is 0 Å². The lowest BCUT2D eigenvalue weighted by atomic mass is 10.0. The van der Waals surface area contributed by atoms with Gasteiger partial charge < -0.3 is 21.1 Å². The Labute approximate surface area is 136 Å². The molecule has 0 spiro atoms. The molecule has 0 heterocycles. The molecule has 0 atom stereocenters. The Kier molecular flexibility index (Phi) is 7.90. The van der Waals surface area contributed by atoms with Gasteiger partial charge in [0.25, 0.3) is 0 Å². The number of hydrazone groups is 1. The molecule has 1 aromatic rings. The summed E-state index contributed by atoms with van der Waals surface area (Å²) < 4.78 is 5.76. The minimum Gasteiger partial charge on any atom is -0.507 e. The Morgan fingerprint density at radius 1 is 1.39 bits per heavy atom. The van der Waals surface area contributed by atoms with E-state index in [9.17, 15) is 9.90 Å². The van der Waals surface area contributed by atoms with Gasteiger partial charge in [-0.05, 0) is 38.3 Å². The van der Waals surface area contributed by atoms with Gasteiger partial charge in [0.15, 0.2) is 5.78 Å². The topological polar surface area (TPSA) is 123 Å². The summed E-state index contributed by atoms with van der Waals surface area (Å²) in [6.07, 6.45) is 3.77. The Hall–Kier alpha value is -2.28. The third-order valence-electron chi connectivity index (χ3n) is 3.51. The number of carbonyl (C=O) groups is 1. The molecule has 1 aromatic carbocycles. The lowest BCUT2D eigenvalue weighted by Crippen LogP contribution is -2.31. The first-order chi connectivity index (χ1) is 11.0. The quantitative estimate of drug-likeness (QED) is 0.137. The van der Waals surface area contributed by atoms with Crippen LogP contribution < -0.4 is 21.8 Å². The summed E-state index contributed by atoms with van der Waals surface area (Å²) in [5.41, 5.74) is 3.45. The van der Waals surface area contributed by atoms with E-state index in [2.05, 4.69) is 10.5 Å². The summed E-state index contributed by atoms with van der Waals surface area (Å²) in [6, 6.07) is 3.35. The van der Waals surface area contributed by atoms with Gasteiger partial charge in [-0.2, -0.15) is 5.10 Å². The van der Waals surface area contributed by atoms with Crippen molar-refractivity contribution in [2.45, 2.75) is 46.0 Å². The van der Waals surface area contributed by atoms with Crippen molar-refractivity contribution in [2.75, 3.05) is 6.61 Å². The number of ether oxygens (including phenoxy) is 1. The zero-order chi connectivity index (χ0) is 17.2. The van der Waals surface area contributed by atoms with Crippen LogP contribution in [0.2, 0.25) is 0 Å². The fourth-order valence-electron chi connectivity index (χ4n) is 2.28. The van der Waals surface area contributed by atoms with E-state index in [1.54, 1.807) is 12.1 Å². The van der Waals surface area contributed by atoms with E-state index >= 15 is 0 Å². The van der Waals surface area contributed by atoms with Gasteiger partial charge in [-0.25, -0.2) is 5.84 Å². The molecule has 0 bridgehead atoms. The van der Waals surface area contributed by atoms with Gasteiger partial charge in [0.05, 0.1) is 12.2 Å². The summed E-state index contributed by atoms with van der Waals surface area (Å²) >= 11 is 0. The van der Waals surface area contributed by atoms with Gasteiger partial charge in [-0.1, -0.05) is 13.3 Å². The molecule has 0 saturated heterocycles. The van der Waals surface area contributed by atoms with E-state index in [1.165, 1.54) is 6.92 Å². The van der Waals surface area contributed by atoms with Crippen molar-refractivity contribution in [1.82, 2.24) is 5.43 Å². The smallest absolute Gasteiger partial charge is 0.163 e. The summed E-state index contributed by atoms with van der Waals surface area (Å²) in [4.78, 5) is 11.5. The van der Waals surface area contributed by atoms with Crippen LogP contribution >= 0.6 is 0 Å². The lowest BCUT2D eigenvalue weighted by Gasteiger charge is -2.14. The zero-order valence-corrected chi connectivity index (χ0v) is 13.8. The van der Waals surface area contributed by atoms with E-state index in [0.29, 0.717) is 42.2 Å². The second-order valence-electron chi connectivity index (χ2n) is 5.27. The molecule has 7 nitrogen and oxygen atoms in total. The highest BCUT2D eigenvalue weighted by Gasteiger charge is 2.15. The highest BCUT2D eigenvalue weighted by atomic mass is 16.5. The molecule has 0 unspecified atom stereocenters. The van der Waals surface area contributed by atoms with Gasteiger partial charge in [-0.15, -0.1) is 0 Å². The monoisotopic (exact) mass is 322 g/mol. The first-order valence-corrected chi connectivity index (χ1v) is 7.77. The van der Waals surface area contributed by atoms with Gasteiger partial charge in [-0.3, -0.25) is 4.79 Å². The Morgan fingerprint density at radius 2 is 2.13 bits per heavy atom. The predicted molar refractivity (Wildman–Crippen MR) is 90.4 cm³/mol. The maximum Gasteiger partial charge on any atom is 0.163 e. The third-order valence-corrected chi connectivity index (χ3v) is 3.51. The number of benzene rings is 1. The van der Waals surface area contributed by atoms with Crippen LogP contribution in [0.15, 0.2) is 17.2 Å². The fraction of sp³-hybridized carbons (Fsp3) is 0.500. The molecule has 0 aromatic heterocycles. The van der Waals surface area contributed by atoms with Crippen LogP contribution in [0, 0.1) is 0 Å². The SMILES string of the molecule is CCCc1c(OCCCC/C(=N/N)NN)ccc(C(C)=O)c1O. The van der Waals surface area contributed by atoms with Crippen LogP contribution in [0.5, 0.6) is 11.5 Å². The van der Waals surface area contributed by atoms with Crippen molar-refractivity contribution < 1.29 is 14.6 Å². The minimum absolute atomic E-state index is 0.0294. The first kappa shape index (κ1) is 18.8. The van der Waals surface area contributed by atoms with Gasteiger partial charge in [0, 0.05) is 12.0 Å². The number of hydrazine groups is 1. The third kappa shape index (κ3) is 5.45. The molecule has 7 heteroatoms. The average molecular weight is 322 g/mol. The van der Waals surface area contributed by atoms with Gasteiger partial charge in [0.2, 0.25) is 0 Å². The molecule has 0 aliphatic heterocycles. The summed E-state index contributed by atoms with van der Waals surface area (Å²) in [5, 5.41) is 13.8. The number of amidine groups is 1. The standard InChI is InChI=1S/C16H26N4O3/c1-3-6-13-14(9-8-12(11(2)21)16(13)22)23-10-5-4-7-15(19-17)20-18/h8-9,22H,3-7,10,17-18H2,1-2H3,(H,19,20). The first-order valence-electron chi connectivity index (χ1n) is 7.77. The number of unbranched alkanes of at least 4 members (excludes halogenated alkanes) is 1. The summed E-state index contributed by atoms with van der Waals surface area (Å²) in [5.74, 6) is 11.4. The Balaban J connectivity index is 2.66. The molecule has 0 radical (unpaired) electrons. The Bertz CT molecular complexity index is 559. The number of nitrogens with two attached hydrogens (primary N) is 2. The number of nitrogens with zero attached hydrogens (tertiary/aromatic N) is 1. The highest BCUT2D eigenvalue weighted by Crippen LogP contribution is 2.33. The number of hydrogen-bond donors (Lipinski definition) is 4. The van der Waals surface area contributed by atoms with Crippen molar-refractivity contribution >= 4 is 11.6 Å². The highest BCUT2D eigenvalue weighted by molar-refractivity contribution is 5.97. The molecule has 128 valence electrons. The molecule has 0 saturated carbocycles. The molecule has 0 amide bonds. The number of rotatable bonds is 9. The van der Waals surface area contributed by atoms with Crippen molar-refractivity contribution in [2.24, 2.45) is 16.8 Å². The zero-order valence-electron chi connectivity index (χ0n) is 13.8. The number of phenols is 1. The number of nitrogens with one attached hydrogen (secondary N) is 1. The van der Waals surface area contributed by atoms with Crippen LogP contribution in [0.1, 0.15) is 55.5 Å². The largest absolute Gasteiger partial charge is 0.507 e. The number of hydrogen-bond acceptors (Lipinski definition) is 6. The van der Waals surface area contributed by atoms with Crippen molar-refractivity contribution in [1.29, 1.82) is 0 Å². The van der Waals surface area contributed by atoms with E-state index in [-0.39, 0.29) is 11.5 Å². The minimum atomic E-state index is -0.158. The normalized spacial score (nSPS) is 11.3. The van der Waals surface area contributed by atoms with Gasteiger partial charge in [0.1, 0.15) is 17.3 Å². The number of carbonyl (C=O) groups excluding carboxylic acids is 1. The van der Waals surface area contributed by atoms with Crippen LogP contribution in [0.25, 0.3) is 0 Å². The molecular formula is C16H26N4O3. The molecule has 0 fully saturated rings. The van der Waals surface area contributed by atoms with Crippen molar-refractivity contribution in [3.8, 4) is 11.5 Å². The maximum absolute atomic E-state index is 11.5. The van der Waals surface area contributed by atoms with E-state index in [4.69, 9.17) is 16.4 Å². The molecule has 0 aliphatic carbocycles. The lowest BCUT2D eigenvalue weighted by molar-refractivity contribution is 0.101.